The number of nitro benzene ring substituents is 1. The van der Waals surface area contributed by atoms with Gasteiger partial charge in [-0.05, 0) is 48.2 Å². The van der Waals surface area contributed by atoms with Crippen LogP contribution >= 0.6 is 35.6 Å². The van der Waals surface area contributed by atoms with E-state index in [2.05, 4.69) is 0 Å². The fraction of sp³-hybridized carbons (Fsp3) is 0.263. The number of carbonyl (C=O) groups excluding carboxylic acids is 3. The summed E-state index contributed by atoms with van der Waals surface area (Å²) < 4.78 is 0.0664. The molecule has 4 atom stereocenters. The number of thioether (sulfide) groups is 1. The second-order valence-electron chi connectivity index (χ2n) is 7.45. The number of rotatable bonds is 3. The average Bonchev–Trinajstić information content (AvgIpc) is 3.43. The third-order valence-corrected chi connectivity index (χ3v) is 7.49. The zero-order valence-corrected chi connectivity index (χ0v) is 17.4. The van der Waals surface area contributed by atoms with E-state index >= 15 is 0 Å². The lowest BCUT2D eigenvalue weighted by atomic mass is 9.85. The van der Waals surface area contributed by atoms with E-state index in [1.165, 1.54) is 24.3 Å². The molecule has 3 fully saturated rings. The first-order valence-corrected chi connectivity index (χ1v) is 10.7. The van der Waals surface area contributed by atoms with Crippen molar-refractivity contribution >= 4 is 69.4 Å². The van der Waals surface area contributed by atoms with E-state index in [9.17, 15) is 24.5 Å². The predicted octanol–water partition coefficient (Wildman–Crippen LogP) is 3.17. The molecule has 2 saturated heterocycles. The minimum atomic E-state index is -0.618. The highest BCUT2D eigenvalue weighted by Crippen LogP contribution is 2.53. The van der Waals surface area contributed by atoms with Crippen LogP contribution in [0, 0.1) is 33.8 Å². The minimum Gasteiger partial charge on any atom is -0.272 e. The van der Waals surface area contributed by atoms with E-state index in [0.717, 1.165) is 28.2 Å². The summed E-state index contributed by atoms with van der Waals surface area (Å²) in [6.07, 6.45) is 6.16. The second-order valence-corrected chi connectivity index (χ2v) is 9.53. The minimum absolute atomic E-state index is 0.0185. The smallest absolute Gasteiger partial charge is 0.272 e. The Morgan fingerprint density at radius 2 is 1.77 bits per heavy atom. The number of thiocarbonyl (C=S) groups is 1. The number of nitro groups is 1. The van der Waals surface area contributed by atoms with Gasteiger partial charge in [0.1, 0.15) is 5.02 Å². The number of hydrogen-bond donors (Lipinski definition) is 0. The number of amides is 3. The summed E-state index contributed by atoms with van der Waals surface area (Å²) in [5, 5.41) is 12.9. The molecule has 1 aromatic carbocycles. The van der Waals surface area contributed by atoms with Gasteiger partial charge in [-0.25, -0.2) is 0 Å². The third-order valence-electron chi connectivity index (χ3n) is 5.89. The monoisotopic (exact) mass is 461 g/mol. The first-order chi connectivity index (χ1) is 14.3. The van der Waals surface area contributed by atoms with Gasteiger partial charge in [0.05, 0.1) is 21.7 Å². The summed E-state index contributed by atoms with van der Waals surface area (Å²) in [5.74, 6) is -2.26. The summed E-state index contributed by atoms with van der Waals surface area (Å²) in [6.45, 7) is 0. The third kappa shape index (κ3) is 2.67. The van der Waals surface area contributed by atoms with Crippen molar-refractivity contribution in [3.8, 4) is 0 Å². The van der Waals surface area contributed by atoms with E-state index in [-0.39, 0.29) is 31.8 Å². The highest BCUT2D eigenvalue weighted by molar-refractivity contribution is 8.26. The van der Waals surface area contributed by atoms with Crippen LogP contribution in [0.4, 0.5) is 5.69 Å². The molecular formula is C19H12ClN3O5S2. The SMILES string of the molecule is O=C1/C(=C/c2ccc(Cl)c([N+](=O)[O-])c2)SC(=S)N1N1C(=O)C2C3C=CC(C3)C2C1=O. The van der Waals surface area contributed by atoms with Crippen LogP contribution in [0.1, 0.15) is 12.0 Å². The predicted molar refractivity (Wildman–Crippen MR) is 113 cm³/mol. The molecule has 1 aromatic rings. The Bertz CT molecular complexity index is 1100. The standard InChI is InChI=1S/C19H12ClN3O5S2/c20-11-4-1-8(5-12(11)23(27)28)6-13-16(24)22(19(29)30-13)21-17(25)14-9-2-3-10(7-9)15(14)18(21)26/h1-6,9-10,14-15H,7H2/b13-6-. The lowest BCUT2D eigenvalue weighted by Crippen LogP contribution is -2.49. The molecule has 4 aliphatic rings. The van der Waals surface area contributed by atoms with E-state index in [4.69, 9.17) is 23.8 Å². The van der Waals surface area contributed by atoms with Gasteiger partial charge < -0.3 is 0 Å². The van der Waals surface area contributed by atoms with Gasteiger partial charge in [-0.3, -0.25) is 24.5 Å². The number of hydrazine groups is 1. The van der Waals surface area contributed by atoms with Crippen LogP contribution < -0.4 is 0 Å². The normalized spacial score (nSPS) is 30.9. The van der Waals surface area contributed by atoms with Gasteiger partial charge in [-0.2, -0.15) is 10.0 Å². The summed E-state index contributed by atoms with van der Waals surface area (Å²) in [5.41, 5.74) is 0.0892. The molecule has 2 bridgehead atoms. The lowest BCUT2D eigenvalue weighted by molar-refractivity contribution is -0.384. The molecule has 0 N–H and O–H groups in total. The molecule has 8 nitrogen and oxygen atoms in total. The molecule has 152 valence electrons. The quantitative estimate of drug-likeness (QED) is 0.170. The molecule has 0 spiro atoms. The molecule has 2 aliphatic carbocycles. The van der Waals surface area contributed by atoms with Crippen molar-refractivity contribution in [2.45, 2.75) is 6.42 Å². The van der Waals surface area contributed by atoms with Gasteiger partial charge in [-0.1, -0.05) is 41.6 Å². The van der Waals surface area contributed by atoms with E-state index in [1.54, 1.807) is 0 Å². The number of nitrogens with zero attached hydrogens (tertiary/aromatic N) is 3. The number of benzene rings is 1. The highest BCUT2D eigenvalue weighted by atomic mass is 35.5. The zero-order chi connectivity index (χ0) is 21.3. The molecule has 0 aromatic heterocycles. The average molecular weight is 462 g/mol. The molecule has 30 heavy (non-hydrogen) atoms. The Balaban J connectivity index is 1.45. The van der Waals surface area contributed by atoms with Gasteiger partial charge in [0.2, 0.25) is 0 Å². The molecule has 5 rings (SSSR count). The first kappa shape index (κ1) is 19.4. The van der Waals surface area contributed by atoms with Crippen LogP contribution in [0.15, 0.2) is 35.3 Å². The first-order valence-electron chi connectivity index (χ1n) is 9.06. The maximum atomic E-state index is 13.0. The zero-order valence-electron chi connectivity index (χ0n) is 15.1. The Labute approximate surface area is 184 Å². The Kier molecular flexibility index (Phi) is 4.35. The second kappa shape index (κ2) is 6.73. The van der Waals surface area contributed by atoms with Crippen LogP contribution in [-0.2, 0) is 14.4 Å². The van der Waals surface area contributed by atoms with Crippen LogP contribution in [0.25, 0.3) is 6.08 Å². The number of halogens is 1. The van der Waals surface area contributed by atoms with Gasteiger partial charge in [0.15, 0.2) is 4.32 Å². The fourth-order valence-electron chi connectivity index (χ4n) is 4.63. The van der Waals surface area contributed by atoms with Crippen LogP contribution in [-0.4, -0.2) is 37.0 Å². The van der Waals surface area contributed by atoms with Crippen molar-refractivity contribution in [2.75, 3.05) is 0 Å². The molecule has 2 aliphatic heterocycles. The highest BCUT2D eigenvalue weighted by Gasteiger charge is 2.62. The van der Waals surface area contributed by atoms with Crippen molar-refractivity contribution in [2.24, 2.45) is 23.7 Å². The maximum absolute atomic E-state index is 13.0. The largest absolute Gasteiger partial charge is 0.288 e. The van der Waals surface area contributed by atoms with Crippen molar-refractivity contribution in [3.05, 3.63) is 56.0 Å². The summed E-state index contributed by atoms with van der Waals surface area (Å²) in [6, 6.07) is 4.14. The maximum Gasteiger partial charge on any atom is 0.288 e. The van der Waals surface area contributed by atoms with Crippen LogP contribution in [0.3, 0.4) is 0 Å². The van der Waals surface area contributed by atoms with E-state index in [1.807, 2.05) is 12.2 Å². The van der Waals surface area contributed by atoms with Crippen LogP contribution in [0.5, 0.6) is 0 Å². The number of hydrogen-bond acceptors (Lipinski definition) is 7. The Morgan fingerprint density at radius 1 is 1.13 bits per heavy atom. The molecule has 11 heteroatoms. The molecule has 1 saturated carbocycles. The number of allylic oxidation sites excluding steroid dienone is 2. The summed E-state index contributed by atoms with van der Waals surface area (Å²) in [7, 11) is 0. The molecule has 2 heterocycles. The molecule has 4 unspecified atom stereocenters. The van der Waals surface area contributed by atoms with Crippen LogP contribution in [0.2, 0.25) is 5.02 Å². The van der Waals surface area contributed by atoms with Gasteiger partial charge >= 0.3 is 0 Å². The lowest BCUT2D eigenvalue weighted by Gasteiger charge is -2.25. The van der Waals surface area contributed by atoms with Gasteiger partial charge in [0.25, 0.3) is 23.4 Å². The summed E-state index contributed by atoms with van der Waals surface area (Å²) >= 11 is 12.0. The van der Waals surface area contributed by atoms with Gasteiger partial charge in [0, 0.05) is 6.07 Å². The van der Waals surface area contributed by atoms with Crippen molar-refractivity contribution in [1.29, 1.82) is 0 Å². The number of imide groups is 1. The Hall–Kier alpha value is -2.56. The number of carbonyl (C=O) groups is 3. The van der Waals surface area contributed by atoms with Crippen molar-refractivity contribution in [3.63, 3.8) is 0 Å². The van der Waals surface area contributed by atoms with E-state index in [0.29, 0.717) is 5.56 Å². The van der Waals surface area contributed by atoms with E-state index < -0.39 is 34.5 Å². The topological polar surface area (TPSA) is 101 Å². The molecule has 3 amide bonds. The van der Waals surface area contributed by atoms with Gasteiger partial charge in [-0.15, -0.1) is 0 Å². The van der Waals surface area contributed by atoms with Crippen molar-refractivity contribution < 1.29 is 19.3 Å². The molecule has 0 radical (unpaired) electrons. The Morgan fingerprint density at radius 3 is 2.37 bits per heavy atom. The number of fused-ring (bicyclic) bond motifs is 5. The summed E-state index contributed by atoms with van der Waals surface area (Å²) in [4.78, 5) is 49.6. The van der Waals surface area contributed by atoms with Crippen molar-refractivity contribution in [1.82, 2.24) is 10.0 Å². The molecular weight excluding hydrogens is 450 g/mol. The fourth-order valence-corrected chi connectivity index (χ4v) is 6.05.